The Morgan fingerprint density at radius 2 is 1.91 bits per heavy atom. The van der Waals surface area contributed by atoms with E-state index in [9.17, 15) is 18.3 Å². The number of benzene rings is 2. The number of nitrogens with one attached hydrogen (secondary N) is 1. The van der Waals surface area contributed by atoms with Gasteiger partial charge in [-0.05, 0) is 0 Å². The minimum absolute atomic E-state index is 0.0645. The zero-order chi connectivity index (χ0) is 30.7. The van der Waals surface area contributed by atoms with Gasteiger partial charge in [-0.2, -0.15) is 0 Å². The number of β-amino-alcohol motifs (C(OH)–C–C–N with tert-alkyl or cyclic N) is 1. The fourth-order valence-electron chi connectivity index (χ4n) is 5.18. The van der Waals surface area contributed by atoms with Crippen LogP contribution in [0.4, 0.5) is 11.5 Å². The molecule has 0 saturated carbocycles. The normalized spacial score (nSPS) is 18.0. The van der Waals surface area contributed by atoms with Crippen LogP contribution in [0, 0.1) is 0 Å². The van der Waals surface area contributed by atoms with E-state index in [1.165, 1.54) is 27.7 Å². The SMILES string of the molecule is COc1cc2c(cc1[AsH]c1ncc(Cl)c(Nc3ccccc3S(=O)(=O)N3CCC(O)C3)n1)CCN(CC(=O)N(C)C)CC2. The van der Waals surface area contributed by atoms with Crippen molar-refractivity contribution in [3.63, 3.8) is 0 Å². The molecular formula is C29H36AsClN6O5S. The van der Waals surface area contributed by atoms with E-state index < -0.39 is 31.9 Å². The first-order valence-electron chi connectivity index (χ1n) is 14.0. The molecule has 1 fully saturated rings. The predicted octanol–water partition coefficient (Wildman–Crippen LogP) is 0.514. The van der Waals surface area contributed by atoms with Crippen LogP contribution in [0.2, 0.25) is 5.02 Å². The van der Waals surface area contributed by atoms with Crippen LogP contribution in [0.3, 0.4) is 0 Å². The second-order valence-corrected chi connectivity index (χ2v) is 15.7. The molecule has 5 rings (SSSR count). The van der Waals surface area contributed by atoms with Gasteiger partial charge < -0.3 is 0 Å². The maximum absolute atomic E-state index is 13.4. The van der Waals surface area contributed by atoms with Crippen LogP contribution in [0.5, 0.6) is 5.75 Å². The van der Waals surface area contributed by atoms with Crippen LogP contribution in [-0.4, -0.2) is 119 Å². The molecule has 1 aromatic heterocycles. The molecule has 1 saturated heterocycles. The number of anilines is 2. The van der Waals surface area contributed by atoms with E-state index in [0.29, 0.717) is 29.1 Å². The summed E-state index contributed by atoms with van der Waals surface area (Å²) in [5, 5.41) is 13.3. The Bertz CT molecular complexity index is 1610. The second-order valence-electron chi connectivity index (χ2n) is 10.8. The Morgan fingerprint density at radius 1 is 1.19 bits per heavy atom. The number of amides is 1. The van der Waals surface area contributed by atoms with Gasteiger partial charge in [0.1, 0.15) is 0 Å². The summed E-state index contributed by atoms with van der Waals surface area (Å²) in [5.74, 6) is 1.19. The van der Waals surface area contributed by atoms with E-state index in [1.807, 2.05) is 0 Å². The van der Waals surface area contributed by atoms with Crippen molar-refractivity contribution >= 4 is 63.8 Å². The summed E-state index contributed by atoms with van der Waals surface area (Å²) in [6.45, 7) is 2.32. The number of rotatable bonds is 9. The molecule has 1 amide bonds. The number of para-hydroxylation sites is 1. The van der Waals surface area contributed by atoms with Gasteiger partial charge in [-0.3, -0.25) is 0 Å². The molecule has 2 aromatic carbocycles. The number of ether oxygens (including phenoxy) is 1. The molecule has 3 heterocycles. The first-order chi connectivity index (χ1) is 20.5. The number of likely N-dealkylation sites (N-methyl/N-ethyl adjacent to an activating group) is 1. The molecule has 2 aliphatic heterocycles. The average Bonchev–Trinajstić information content (AvgIpc) is 3.34. The predicted molar refractivity (Wildman–Crippen MR) is 168 cm³/mol. The molecule has 11 nitrogen and oxygen atoms in total. The van der Waals surface area contributed by atoms with Crippen molar-refractivity contribution in [1.82, 2.24) is 24.1 Å². The molecule has 43 heavy (non-hydrogen) atoms. The third-order valence-electron chi connectivity index (χ3n) is 7.65. The topological polar surface area (TPSA) is 128 Å². The van der Waals surface area contributed by atoms with Gasteiger partial charge in [0.15, 0.2) is 0 Å². The van der Waals surface area contributed by atoms with Crippen LogP contribution < -0.4 is 19.0 Å². The van der Waals surface area contributed by atoms with E-state index >= 15 is 0 Å². The van der Waals surface area contributed by atoms with E-state index in [0.717, 1.165) is 36.0 Å². The van der Waals surface area contributed by atoms with Crippen molar-refractivity contribution in [3.05, 3.63) is 58.7 Å². The molecule has 2 aliphatic rings. The van der Waals surface area contributed by atoms with E-state index in [-0.39, 0.29) is 28.9 Å². The molecule has 2 atom stereocenters. The Morgan fingerprint density at radius 3 is 2.58 bits per heavy atom. The maximum atomic E-state index is 13.4. The third-order valence-corrected chi connectivity index (χ3v) is 12.2. The molecular weight excluding hydrogens is 655 g/mol. The van der Waals surface area contributed by atoms with E-state index in [4.69, 9.17) is 21.3 Å². The van der Waals surface area contributed by atoms with Gasteiger partial charge >= 0.3 is 265 Å². The second kappa shape index (κ2) is 13.5. The van der Waals surface area contributed by atoms with Crippen molar-refractivity contribution < 1.29 is 23.1 Å². The standard InChI is InChI=1S/C29H36AsClN6O5S/c1-35(2)27(39)18-36-11-8-19-14-22(25(42-3)15-20(19)9-12-36)30-29-32-16-23(31)28(34-29)33-24-6-4-5-7-26(24)43(40,41)37-13-10-21(38)17-37/h4-7,14-16,21,30,38H,8-13,17-18H2,1-3H3,(H,32,33,34). The summed E-state index contributed by atoms with van der Waals surface area (Å²) >= 11 is 5.42. The number of hydrogen-bond donors (Lipinski definition) is 2. The van der Waals surface area contributed by atoms with Crippen LogP contribution in [0.25, 0.3) is 0 Å². The Hall–Kier alpha value is -2.73. The number of methoxy groups -OCH3 is 1. The molecule has 2 unspecified atom stereocenters. The van der Waals surface area contributed by atoms with Crippen molar-refractivity contribution in [3.8, 4) is 5.75 Å². The summed E-state index contributed by atoms with van der Waals surface area (Å²) in [6, 6.07) is 10.9. The van der Waals surface area contributed by atoms with Crippen molar-refractivity contribution in [2.75, 3.05) is 59.2 Å². The van der Waals surface area contributed by atoms with E-state index in [2.05, 4.69) is 27.3 Å². The molecule has 3 aromatic rings. The number of carbonyl (C=O) groups is 1. The Balaban J connectivity index is 1.37. The van der Waals surface area contributed by atoms with Crippen molar-refractivity contribution in [2.24, 2.45) is 0 Å². The van der Waals surface area contributed by atoms with Gasteiger partial charge in [0, 0.05) is 0 Å². The number of fused-ring (bicyclic) bond motifs is 1. The van der Waals surface area contributed by atoms with Crippen LogP contribution in [0.15, 0.2) is 47.5 Å². The molecule has 0 spiro atoms. The third kappa shape index (κ3) is 7.33. The minimum atomic E-state index is -3.84. The molecule has 14 heteroatoms. The number of sulfonamides is 1. The Kier molecular flexibility index (Phi) is 9.95. The fourth-order valence-corrected chi connectivity index (χ4v) is 9.23. The summed E-state index contributed by atoms with van der Waals surface area (Å²) in [4.78, 5) is 25.4. The summed E-state index contributed by atoms with van der Waals surface area (Å²) < 4.78 is 35.5. The molecule has 0 bridgehead atoms. The monoisotopic (exact) mass is 690 g/mol. The van der Waals surface area contributed by atoms with Crippen LogP contribution >= 0.6 is 11.6 Å². The van der Waals surface area contributed by atoms with E-state index in [1.54, 1.807) is 44.3 Å². The molecule has 230 valence electrons. The summed E-state index contributed by atoms with van der Waals surface area (Å²) in [5.41, 5.74) is 2.79. The quantitative estimate of drug-likeness (QED) is 0.309. The Labute approximate surface area is 263 Å². The number of nitrogens with zero attached hydrogens (tertiary/aromatic N) is 5. The van der Waals surface area contributed by atoms with Crippen LogP contribution in [0.1, 0.15) is 17.5 Å². The zero-order valence-electron chi connectivity index (χ0n) is 24.4. The molecule has 0 aliphatic carbocycles. The van der Waals surface area contributed by atoms with Gasteiger partial charge in [0.25, 0.3) is 0 Å². The first-order valence-corrected chi connectivity index (χ1v) is 17.9. The number of aliphatic hydroxyl groups excluding tert-OH is 1. The van der Waals surface area contributed by atoms with Gasteiger partial charge in [-0.25, -0.2) is 0 Å². The summed E-state index contributed by atoms with van der Waals surface area (Å²) in [7, 11) is 1.37. The molecule has 0 radical (unpaired) electrons. The first kappa shape index (κ1) is 31.7. The van der Waals surface area contributed by atoms with Gasteiger partial charge in [-0.15, -0.1) is 0 Å². The molecule has 2 N–H and O–H groups in total. The van der Waals surface area contributed by atoms with Gasteiger partial charge in [0.05, 0.1) is 0 Å². The number of aliphatic hydroxyl groups is 1. The van der Waals surface area contributed by atoms with Gasteiger partial charge in [0.2, 0.25) is 0 Å². The van der Waals surface area contributed by atoms with Crippen LogP contribution in [-0.2, 0) is 27.7 Å². The average molecular weight is 691 g/mol. The zero-order valence-corrected chi connectivity index (χ0v) is 28.0. The van der Waals surface area contributed by atoms with Gasteiger partial charge in [-0.1, -0.05) is 0 Å². The van der Waals surface area contributed by atoms with Crippen molar-refractivity contribution in [1.29, 1.82) is 0 Å². The number of aromatic nitrogens is 2. The number of halogens is 1. The number of hydrogen-bond acceptors (Lipinski definition) is 9. The summed E-state index contributed by atoms with van der Waals surface area (Å²) in [6.07, 6.45) is 2.91. The fraction of sp³-hybridized carbons (Fsp3) is 0.414. The van der Waals surface area contributed by atoms with Crippen molar-refractivity contribution in [2.45, 2.75) is 30.3 Å². The number of carbonyl (C=O) groups excluding carboxylic acids is 1.